The van der Waals surface area contributed by atoms with Crippen molar-refractivity contribution in [2.75, 3.05) is 33.2 Å². The first-order valence-corrected chi connectivity index (χ1v) is 11.4. The van der Waals surface area contributed by atoms with E-state index in [9.17, 15) is 14.4 Å². The zero-order valence-corrected chi connectivity index (χ0v) is 19.8. The smallest absolute Gasteiger partial charge is 0.282 e. The Bertz CT molecular complexity index is 2080. The van der Waals surface area contributed by atoms with E-state index in [-0.39, 0.29) is 28.7 Å². The number of nitrogens with zero attached hydrogens (tertiary/aromatic N) is 3. The molecule has 0 aliphatic heterocycles. The van der Waals surface area contributed by atoms with Gasteiger partial charge in [-0.2, -0.15) is 9.97 Å². The van der Waals surface area contributed by atoms with Gasteiger partial charge in [0.1, 0.15) is 0 Å². The number of nitrogens with two attached hydrogens (primary N) is 2. The van der Waals surface area contributed by atoms with Crippen LogP contribution in [0.25, 0.3) is 32.8 Å². The summed E-state index contributed by atoms with van der Waals surface area (Å²) >= 11 is 0. The molecule has 3 aromatic heterocycles. The fourth-order valence-electron chi connectivity index (χ4n) is 3.92. The lowest BCUT2D eigenvalue weighted by atomic mass is 10.2. The molecule has 0 atom stereocenters. The summed E-state index contributed by atoms with van der Waals surface area (Å²) in [5.41, 5.74) is 24.2. The van der Waals surface area contributed by atoms with Gasteiger partial charge in [-0.1, -0.05) is 5.16 Å². The molecule has 6 aromatic rings. The van der Waals surface area contributed by atoms with Crippen LogP contribution < -0.4 is 49.7 Å². The zero-order valence-electron chi connectivity index (χ0n) is 19.8. The molecule has 0 aliphatic rings. The lowest BCUT2D eigenvalue weighted by Gasteiger charge is -2.12. The fourth-order valence-corrected chi connectivity index (χ4v) is 3.92. The molecule has 0 amide bonds. The van der Waals surface area contributed by atoms with Crippen LogP contribution in [0.5, 0.6) is 0 Å². The number of hydrogen-bond acceptors (Lipinski definition) is 13. The molecular weight excluding hydrogens is 506 g/mol. The molecule has 0 saturated carbocycles. The first-order valence-electron chi connectivity index (χ1n) is 11.4. The summed E-state index contributed by atoms with van der Waals surface area (Å²) in [7, 11) is 0. The Morgan fingerprint density at radius 3 is 2.05 bits per heavy atom. The maximum absolute atomic E-state index is 12.6. The Labute approximate surface area is 216 Å². The minimum atomic E-state index is -0.462. The van der Waals surface area contributed by atoms with Gasteiger partial charge in [0, 0.05) is 11.8 Å². The normalized spacial score (nSPS) is 11.1. The van der Waals surface area contributed by atoms with Crippen molar-refractivity contribution in [3.05, 3.63) is 85.5 Å². The molecule has 39 heavy (non-hydrogen) atoms. The number of H-pyrrole nitrogens is 2. The van der Waals surface area contributed by atoms with Gasteiger partial charge in [-0.05, 0) is 48.5 Å². The van der Waals surface area contributed by atoms with Crippen molar-refractivity contribution in [3.63, 3.8) is 0 Å². The number of rotatable bonds is 6. The average molecular weight is 525 g/mol. The highest BCUT2D eigenvalue weighted by Gasteiger charge is 2.09. The molecule has 0 aliphatic carbocycles. The summed E-state index contributed by atoms with van der Waals surface area (Å²) in [5, 5.41) is 4.54. The minimum absolute atomic E-state index is 0.134. The summed E-state index contributed by atoms with van der Waals surface area (Å²) < 4.78 is 5.13. The Balaban J connectivity index is 1.21. The fraction of sp³-hybridized carbons (Fsp3) is 0. The zero-order chi connectivity index (χ0) is 27.1. The molecule has 194 valence electrons. The van der Waals surface area contributed by atoms with Crippen molar-refractivity contribution in [2.24, 2.45) is 0 Å². The molecule has 15 heteroatoms. The Morgan fingerprint density at radius 1 is 0.667 bits per heavy atom. The third-order valence-electron chi connectivity index (χ3n) is 5.81. The van der Waals surface area contributed by atoms with Gasteiger partial charge >= 0.3 is 0 Å². The molecule has 0 unspecified atom stereocenters. The summed E-state index contributed by atoms with van der Waals surface area (Å²) in [4.78, 5) is 50.9. The Kier molecular flexibility index (Phi) is 5.42. The van der Waals surface area contributed by atoms with Crippen LogP contribution in [-0.4, -0.2) is 25.1 Å². The van der Waals surface area contributed by atoms with Crippen LogP contribution in [-0.2, 0) is 0 Å². The maximum atomic E-state index is 12.6. The number of benzene rings is 3. The number of hydrogen-bond donors (Lipinski definition) is 8. The predicted molar refractivity (Wildman–Crippen MR) is 148 cm³/mol. The standard InChI is InChI=1S/C24H19N11O4/c25-10-1-6-16-15(7-10)22(38)30-23(27-16)33-31-11-2-4-13-17(8-11)28-24(29-21(13)37)34-32-12-3-5-14-18(9-12)39-35-20(26)19(14)36/h1-9,31-32H,25H2,(H2,26,35)(H2,27,30,33,38)(H2,28,29,34,37). The molecule has 3 heterocycles. The van der Waals surface area contributed by atoms with Gasteiger partial charge in [-0.15, -0.1) is 0 Å². The largest absolute Gasteiger partial charge is 0.399 e. The molecule has 0 bridgehead atoms. The molecule has 6 rings (SSSR count). The molecular formula is C24H19N11O4. The van der Waals surface area contributed by atoms with Crippen LogP contribution in [0.15, 0.2) is 73.5 Å². The first kappa shape index (κ1) is 23.3. The Hall–Kier alpha value is -6.12. The lowest BCUT2D eigenvalue weighted by Crippen LogP contribution is -2.18. The summed E-state index contributed by atoms with van der Waals surface area (Å²) in [6.45, 7) is 0. The van der Waals surface area contributed by atoms with Crippen molar-refractivity contribution >= 4 is 67.6 Å². The monoisotopic (exact) mass is 525 g/mol. The summed E-state index contributed by atoms with van der Waals surface area (Å²) in [6.07, 6.45) is 0. The Morgan fingerprint density at radius 2 is 1.31 bits per heavy atom. The first-order chi connectivity index (χ1) is 18.8. The quantitative estimate of drug-likeness (QED) is 0.114. The number of nitrogen functional groups attached to an aromatic ring is 2. The minimum Gasteiger partial charge on any atom is -0.399 e. The summed E-state index contributed by atoms with van der Waals surface area (Å²) in [6, 6.07) is 14.6. The molecule has 0 spiro atoms. The predicted octanol–water partition coefficient (Wildman–Crippen LogP) is 1.70. The average Bonchev–Trinajstić information content (AvgIpc) is 2.93. The van der Waals surface area contributed by atoms with Crippen LogP contribution in [0, 0.1) is 0 Å². The van der Waals surface area contributed by atoms with Crippen molar-refractivity contribution in [2.45, 2.75) is 0 Å². The van der Waals surface area contributed by atoms with Gasteiger partial charge in [0.25, 0.3) is 11.1 Å². The van der Waals surface area contributed by atoms with Gasteiger partial charge in [0.05, 0.1) is 38.6 Å². The highest BCUT2D eigenvalue weighted by atomic mass is 16.5. The van der Waals surface area contributed by atoms with Crippen molar-refractivity contribution < 1.29 is 4.52 Å². The highest BCUT2D eigenvalue weighted by molar-refractivity contribution is 5.84. The SMILES string of the molecule is Nc1ccc2[nH]c(NNc3ccc4c(=O)nc(NNc5ccc6c(=O)c(N)noc6c5)[nH]c4c3)nc(=O)c2c1. The van der Waals surface area contributed by atoms with Crippen LogP contribution in [0.1, 0.15) is 0 Å². The van der Waals surface area contributed by atoms with Gasteiger partial charge in [0.2, 0.25) is 23.1 Å². The van der Waals surface area contributed by atoms with Crippen LogP contribution in [0.4, 0.5) is 34.8 Å². The van der Waals surface area contributed by atoms with Gasteiger partial charge in [0.15, 0.2) is 5.58 Å². The van der Waals surface area contributed by atoms with E-state index in [4.69, 9.17) is 16.0 Å². The van der Waals surface area contributed by atoms with Crippen molar-refractivity contribution in [3.8, 4) is 0 Å². The maximum Gasteiger partial charge on any atom is 0.282 e. The number of anilines is 6. The van der Waals surface area contributed by atoms with E-state index < -0.39 is 16.5 Å². The van der Waals surface area contributed by atoms with E-state index in [1.54, 1.807) is 48.5 Å². The second-order valence-corrected chi connectivity index (χ2v) is 8.45. The second kappa shape index (κ2) is 9.07. The topological polar surface area (TPSA) is 235 Å². The van der Waals surface area contributed by atoms with E-state index in [2.05, 4.69) is 46.8 Å². The number of hydrazine groups is 2. The van der Waals surface area contributed by atoms with E-state index in [0.29, 0.717) is 38.9 Å². The molecule has 0 fully saturated rings. The molecule has 0 saturated heterocycles. The van der Waals surface area contributed by atoms with Crippen molar-refractivity contribution in [1.82, 2.24) is 25.1 Å². The molecule has 15 nitrogen and oxygen atoms in total. The van der Waals surface area contributed by atoms with Gasteiger partial charge in [-0.3, -0.25) is 36.1 Å². The third-order valence-corrected chi connectivity index (χ3v) is 5.81. The molecule has 0 radical (unpaired) electrons. The molecule has 10 N–H and O–H groups in total. The summed E-state index contributed by atoms with van der Waals surface area (Å²) in [5.74, 6) is 0.0985. The highest BCUT2D eigenvalue weighted by Crippen LogP contribution is 2.19. The number of nitrogens with one attached hydrogen (secondary N) is 6. The van der Waals surface area contributed by atoms with Gasteiger partial charge in [-0.25, -0.2) is 0 Å². The van der Waals surface area contributed by atoms with Crippen LogP contribution in [0.2, 0.25) is 0 Å². The number of aromatic amines is 2. The molecule has 3 aromatic carbocycles. The van der Waals surface area contributed by atoms with Crippen LogP contribution in [0.3, 0.4) is 0 Å². The lowest BCUT2D eigenvalue weighted by molar-refractivity contribution is 0.446. The van der Waals surface area contributed by atoms with E-state index in [1.165, 1.54) is 6.07 Å². The van der Waals surface area contributed by atoms with E-state index in [1.807, 2.05) is 0 Å². The second-order valence-electron chi connectivity index (χ2n) is 8.45. The van der Waals surface area contributed by atoms with Crippen LogP contribution >= 0.6 is 0 Å². The van der Waals surface area contributed by atoms with Crippen molar-refractivity contribution in [1.29, 1.82) is 0 Å². The van der Waals surface area contributed by atoms with E-state index in [0.717, 1.165) is 0 Å². The van der Waals surface area contributed by atoms with E-state index >= 15 is 0 Å². The van der Waals surface area contributed by atoms with Gasteiger partial charge < -0.3 is 26.0 Å². The third kappa shape index (κ3) is 4.46. The number of fused-ring (bicyclic) bond motifs is 3. The number of aromatic nitrogens is 5.